The molecule has 1 aliphatic heterocycles. The van der Waals surface area contributed by atoms with Gasteiger partial charge in [0.25, 0.3) is 5.91 Å². The van der Waals surface area contributed by atoms with Gasteiger partial charge in [-0.25, -0.2) is 4.98 Å². The molecule has 37 heavy (non-hydrogen) atoms. The molecule has 1 saturated carbocycles. The van der Waals surface area contributed by atoms with Crippen molar-refractivity contribution in [2.24, 2.45) is 5.92 Å². The molecule has 2 fully saturated rings. The lowest BCUT2D eigenvalue weighted by Gasteiger charge is -2.27. The quantitative estimate of drug-likeness (QED) is 0.347. The summed E-state index contributed by atoms with van der Waals surface area (Å²) in [5.41, 5.74) is 3.23. The van der Waals surface area contributed by atoms with Gasteiger partial charge in [0.2, 0.25) is 0 Å². The van der Waals surface area contributed by atoms with Crippen LogP contribution < -0.4 is 16.0 Å². The van der Waals surface area contributed by atoms with E-state index in [9.17, 15) is 9.90 Å². The number of aryl methyl sites for hydroxylation is 1. The zero-order valence-electron chi connectivity index (χ0n) is 22.2. The minimum atomic E-state index is -0.916. The zero-order chi connectivity index (χ0) is 26.2. The Hall–Kier alpha value is -3.17. The minimum Gasteiger partial charge on any atom is -0.388 e. The summed E-state index contributed by atoms with van der Waals surface area (Å²) in [4.78, 5) is 17.5. The number of aliphatic hydroxyl groups is 1. The first-order chi connectivity index (χ1) is 17.7. The topological polar surface area (TPSA) is 113 Å². The van der Waals surface area contributed by atoms with Gasteiger partial charge in [-0.2, -0.15) is 9.61 Å². The molecule has 1 aromatic carbocycles. The van der Waals surface area contributed by atoms with E-state index in [2.05, 4.69) is 21.0 Å². The SMILES string of the molecule is Cc1cc(-c2cnn3c(NCC4CCOCC4)cc(N[C@@H](C)C(C)(C)O)nc23)ccc1C(=O)NC1CC1. The van der Waals surface area contributed by atoms with Crippen molar-refractivity contribution in [3.05, 3.63) is 41.6 Å². The van der Waals surface area contributed by atoms with Crippen LogP contribution in [0, 0.1) is 12.8 Å². The number of anilines is 2. The second kappa shape index (κ2) is 10.3. The number of rotatable bonds is 9. The summed E-state index contributed by atoms with van der Waals surface area (Å²) in [6.45, 7) is 9.88. The van der Waals surface area contributed by atoms with Gasteiger partial charge in [0.1, 0.15) is 11.6 Å². The highest BCUT2D eigenvalue weighted by atomic mass is 16.5. The Kier molecular flexibility index (Phi) is 7.09. The molecule has 1 atom stereocenters. The van der Waals surface area contributed by atoms with E-state index in [4.69, 9.17) is 9.72 Å². The molecule has 2 aliphatic rings. The molecule has 0 unspecified atom stereocenters. The van der Waals surface area contributed by atoms with Gasteiger partial charge >= 0.3 is 0 Å². The van der Waals surface area contributed by atoms with Crippen molar-refractivity contribution in [1.82, 2.24) is 19.9 Å². The molecular formula is C28H38N6O3. The molecule has 198 valence electrons. The highest BCUT2D eigenvalue weighted by Crippen LogP contribution is 2.30. The van der Waals surface area contributed by atoms with Crippen LogP contribution in [-0.4, -0.2) is 63.1 Å². The molecule has 0 bridgehead atoms. The maximum atomic E-state index is 12.6. The van der Waals surface area contributed by atoms with Crippen LogP contribution in [0.25, 0.3) is 16.8 Å². The van der Waals surface area contributed by atoms with Gasteiger partial charge in [0, 0.05) is 43.0 Å². The summed E-state index contributed by atoms with van der Waals surface area (Å²) in [5, 5.41) is 25.2. The van der Waals surface area contributed by atoms with Crippen LogP contribution in [0.4, 0.5) is 11.6 Å². The third-order valence-electron chi connectivity index (χ3n) is 7.50. The first kappa shape index (κ1) is 25.5. The lowest BCUT2D eigenvalue weighted by atomic mass is 10.0. The Morgan fingerprint density at radius 2 is 1.97 bits per heavy atom. The fourth-order valence-corrected chi connectivity index (χ4v) is 4.54. The van der Waals surface area contributed by atoms with Gasteiger partial charge in [0.05, 0.1) is 17.8 Å². The molecule has 1 aliphatic carbocycles. The number of fused-ring (bicyclic) bond motifs is 1. The Labute approximate surface area is 218 Å². The van der Waals surface area contributed by atoms with E-state index >= 15 is 0 Å². The average molecular weight is 507 g/mol. The second-order valence-corrected chi connectivity index (χ2v) is 11.1. The molecule has 9 heteroatoms. The van der Waals surface area contributed by atoms with E-state index < -0.39 is 5.60 Å². The summed E-state index contributed by atoms with van der Waals surface area (Å²) >= 11 is 0. The Balaban J connectivity index is 1.48. The van der Waals surface area contributed by atoms with Crippen LogP contribution in [0.15, 0.2) is 30.5 Å². The van der Waals surface area contributed by atoms with Gasteiger partial charge < -0.3 is 25.8 Å². The van der Waals surface area contributed by atoms with Crippen LogP contribution in [0.2, 0.25) is 0 Å². The lowest BCUT2D eigenvalue weighted by molar-refractivity contribution is 0.0647. The number of nitrogens with zero attached hydrogens (tertiary/aromatic N) is 3. The standard InChI is InChI=1S/C28H38N6O3/c1-17-13-20(5-8-22(17)27(35)32-21-6-7-21)23-16-30-34-25(29-15-19-9-11-37-12-10-19)14-24(33-26(23)34)31-18(2)28(3,4)36/h5,8,13-14,16,18-19,21,29,36H,6-7,9-12,15H2,1-4H3,(H,31,33)(H,32,35)/t18-/m0/s1. The van der Waals surface area contributed by atoms with E-state index in [1.54, 1.807) is 13.8 Å². The van der Waals surface area contributed by atoms with E-state index in [0.29, 0.717) is 29.0 Å². The van der Waals surface area contributed by atoms with Crippen molar-refractivity contribution in [2.75, 3.05) is 30.4 Å². The fraction of sp³-hybridized carbons (Fsp3) is 0.536. The number of amides is 1. The highest BCUT2D eigenvalue weighted by molar-refractivity contribution is 5.97. The Morgan fingerprint density at radius 1 is 1.22 bits per heavy atom. The Bertz CT molecular complexity index is 1270. The lowest BCUT2D eigenvalue weighted by Crippen LogP contribution is -2.39. The van der Waals surface area contributed by atoms with Gasteiger partial charge in [0.15, 0.2) is 5.65 Å². The number of ether oxygens (including phenoxy) is 1. The number of hydrogen-bond donors (Lipinski definition) is 4. The minimum absolute atomic E-state index is 0.0174. The van der Waals surface area contributed by atoms with E-state index in [-0.39, 0.29) is 11.9 Å². The highest BCUT2D eigenvalue weighted by Gasteiger charge is 2.26. The molecule has 9 nitrogen and oxygen atoms in total. The maximum Gasteiger partial charge on any atom is 0.251 e. The molecule has 1 amide bonds. The second-order valence-electron chi connectivity index (χ2n) is 11.1. The molecule has 2 aromatic heterocycles. The van der Waals surface area contributed by atoms with Crippen molar-refractivity contribution >= 4 is 23.2 Å². The van der Waals surface area contributed by atoms with Crippen molar-refractivity contribution in [3.63, 3.8) is 0 Å². The summed E-state index contributed by atoms with van der Waals surface area (Å²) in [5.74, 6) is 2.02. The van der Waals surface area contributed by atoms with Crippen molar-refractivity contribution in [3.8, 4) is 11.1 Å². The molecule has 1 saturated heterocycles. The normalized spacial score (nSPS) is 17.5. The maximum absolute atomic E-state index is 12.6. The van der Waals surface area contributed by atoms with Crippen LogP contribution in [0.1, 0.15) is 62.4 Å². The molecular weight excluding hydrogens is 468 g/mol. The number of carbonyl (C=O) groups excluding carboxylic acids is 1. The summed E-state index contributed by atoms with van der Waals surface area (Å²) in [6, 6.07) is 7.91. The predicted molar refractivity (Wildman–Crippen MR) is 145 cm³/mol. The molecule has 5 rings (SSSR count). The monoisotopic (exact) mass is 506 g/mol. The number of aromatic nitrogens is 3. The third kappa shape index (κ3) is 5.88. The fourth-order valence-electron chi connectivity index (χ4n) is 4.54. The summed E-state index contributed by atoms with van der Waals surface area (Å²) in [7, 11) is 0. The van der Waals surface area contributed by atoms with Crippen molar-refractivity contribution < 1.29 is 14.6 Å². The van der Waals surface area contributed by atoms with Crippen molar-refractivity contribution in [1.29, 1.82) is 0 Å². The number of benzene rings is 1. The number of nitrogens with one attached hydrogen (secondary N) is 3. The summed E-state index contributed by atoms with van der Waals surface area (Å²) in [6.07, 6.45) is 6.01. The van der Waals surface area contributed by atoms with Crippen LogP contribution in [0.5, 0.6) is 0 Å². The summed E-state index contributed by atoms with van der Waals surface area (Å²) < 4.78 is 7.34. The molecule has 3 aromatic rings. The number of carbonyl (C=O) groups is 1. The van der Waals surface area contributed by atoms with Gasteiger partial charge in [-0.05, 0) is 76.5 Å². The van der Waals surface area contributed by atoms with Crippen molar-refractivity contribution in [2.45, 2.75) is 71.1 Å². The van der Waals surface area contributed by atoms with Gasteiger partial charge in [-0.15, -0.1) is 0 Å². The largest absolute Gasteiger partial charge is 0.388 e. The van der Waals surface area contributed by atoms with Gasteiger partial charge in [-0.1, -0.05) is 12.1 Å². The average Bonchev–Trinajstić information content (AvgIpc) is 3.57. The first-order valence-corrected chi connectivity index (χ1v) is 13.3. The predicted octanol–water partition coefficient (Wildman–Crippen LogP) is 4.01. The first-order valence-electron chi connectivity index (χ1n) is 13.3. The zero-order valence-corrected chi connectivity index (χ0v) is 22.2. The van der Waals surface area contributed by atoms with Crippen LogP contribution >= 0.6 is 0 Å². The van der Waals surface area contributed by atoms with Crippen LogP contribution in [-0.2, 0) is 4.74 Å². The molecule has 4 N–H and O–H groups in total. The van der Waals surface area contributed by atoms with Crippen LogP contribution in [0.3, 0.4) is 0 Å². The molecule has 0 spiro atoms. The van der Waals surface area contributed by atoms with E-state index in [1.807, 2.05) is 48.8 Å². The molecule has 3 heterocycles. The Morgan fingerprint density at radius 3 is 2.65 bits per heavy atom. The molecule has 0 radical (unpaired) electrons. The van der Waals surface area contributed by atoms with E-state index in [1.165, 1.54) is 0 Å². The third-order valence-corrected chi connectivity index (χ3v) is 7.50. The smallest absolute Gasteiger partial charge is 0.251 e. The number of hydrogen-bond acceptors (Lipinski definition) is 7. The van der Waals surface area contributed by atoms with Gasteiger partial charge in [-0.3, -0.25) is 4.79 Å². The van der Waals surface area contributed by atoms with E-state index in [0.717, 1.165) is 68.0 Å².